The smallest absolute Gasteiger partial charge is 0.165 e. The number of hydrogen-bond acceptors (Lipinski definition) is 5. The Bertz CT molecular complexity index is 500. The van der Waals surface area contributed by atoms with Crippen LogP contribution in [0.15, 0.2) is 18.7 Å². The molecule has 1 unspecified atom stereocenters. The molecule has 2 heterocycles. The van der Waals surface area contributed by atoms with E-state index < -0.39 is 0 Å². The fraction of sp³-hybridized carbons (Fsp3) is 0.600. The molecule has 21 heavy (non-hydrogen) atoms. The Morgan fingerprint density at radius 3 is 3.10 bits per heavy atom. The average Bonchev–Trinajstić information content (AvgIpc) is 2.84. The van der Waals surface area contributed by atoms with Gasteiger partial charge >= 0.3 is 0 Å². The Labute approximate surface area is 130 Å². The van der Waals surface area contributed by atoms with Gasteiger partial charge in [0.05, 0.1) is 18.3 Å². The quantitative estimate of drug-likeness (QED) is 0.645. The maximum Gasteiger partial charge on any atom is 0.165 e. The van der Waals surface area contributed by atoms with Gasteiger partial charge in [-0.15, -0.1) is 0 Å². The molecule has 0 radical (unpaired) electrons. The number of allylic oxidation sites excluding steroid dienone is 1. The van der Waals surface area contributed by atoms with Crippen molar-refractivity contribution in [3.05, 3.63) is 30.1 Å². The van der Waals surface area contributed by atoms with Crippen LogP contribution in [-0.2, 0) is 10.5 Å². The van der Waals surface area contributed by atoms with E-state index in [0.29, 0.717) is 12.1 Å². The van der Waals surface area contributed by atoms with Crippen molar-refractivity contribution in [1.29, 1.82) is 5.41 Å². The fourth-order valence-corrected chi connectivity index (χ4v) is 3.33. The zero-order chi connectivity index (χ0) is 15.1. The van der Waals surface area contributed by atoms with E-state index in [9.17, 15) is 0 Å². The van der Waals surface area contributed by atoms with Gasteiger partial charge in [0.15, 0.2) is 5.72 Å². The topological polar surface area (TPSA) is 73.8 Å². The summed E-state index contributed by atoms with van der Waals surface area (Å²) in [7, 11) is 0. The van der Waals surface area contributed by atoms with Crippen LogP contribution in [0.3, 0.4) is 0 Å². The molecule has 6 heteroatoms. The van der Waals surface area contributed by atoms with E-state index in [4.69, 9.17) is 10.1 Å². The lowest BCUT2D eigenvalue weighted by molar-refractivity contribution is -0.0144. The summed E-state index contributed by atoms with van der Waals surface area (Å²) in [6.45, 7) is 5.06. The van der Waals surface area contributed by atoms with E-state index in [2.05, 4.69) is 22.2 Å². The maximum atomic E-state index is 7.83. The first kappa shape index (κ1) is 16.1. The molecule has 116 valence electrons. The molecule has 3 N–H and O–H groups in total. The molecule has 1 aromatic rings. The Balaban J connectivity index is 1.74. The minimum absolute atomic E-state index is 0.386. The maximum absolute atomic E-state index is 7.83. The molecule has 5 nitrogen and oxygen atoms in total. The highest BCUT2D eigenvalue weighted by atomic mass is 32.2. The first-order valence-electron chi connectivity index (χ1n) is 7.38. The summed E-state index contributed by atoms with van der Waals surface area (Å²) in [4.78, 5) is 7.40. The first-order chi connectivity index (χ1) is 10.2. The van der Waals surface area contributed by atoms with Gasteiger partial charge in [0.25, 0.3) is 0 Å². The Morgan fingerprint density at radius 1 is 1.57 bits per heavy atom. The summed E-state index contributed by atoms with van der Waals surface area (Å²) in [6, 6.07) is 0. The van der Waals surface area contributed by atoms with Gasteiger partial charge in [-0.25, -0.2) is 4.98 Å². The number of ether oxygens (including phenoxy) is 1. The van der Waals surface area contributed by atoms with Crippen LogP contribution in [0.4, 0.5) is 0 Å². The SMILES string of the molecule is CCCC1(NCCSCc2nc[nH]c2C)CC(=N)C=CO1. The molecule has 2 rings (SSSR count). The molecule has 0 aliphatic carbocycles. The van der Waals surface area contributed by atoms with E-state index in [0.717, 1.165) is 42.3 Å². The van der Waals surface area contributed by atoms with E-state index in [-0.39, 0.29) is 5.72 Å². The number of H-pyrrole nitrogens is 1. The molecule has 0 spiro atoms. The van der Waals surface area contributed by atoms with Gasteiger partial charge in [0, 0.05) is 42.3 Å². The van der Waals surface area contributed by atoms with Crippen molar-refractivity contribution in [2.45, 2.75) is 44.6 Å². The van der Waals surface area contributed by atoms with Crippen LogP contribution in [0.25, 0.3) is 0 Å². The Kier molecular flexibility index (Phi) is 5.87. The largest absolute Gasteiger partial charge is 0.480 e. The van der Waals surface area contributed by atoms with Crippen molar-refractivity contribution in [1.82, 2.24) is 15.3 Å². The summed E-state index contributed by atoms with van der Waals surface area (Å²) < 4.78 is 5.79. The average molecular weight is 308 g/mol. The third-order valence-corrected chi connectivity index (χ3v) is 4.53. The summed E-state index contributed by atoms with van der Waals surface area (Å²) in [5.41, 5.74) is 2.51. The van der Waals surface area contributed by atoms with Crippen LogP contribution >= 0.6 is 11.8 Å². The lowest BCUT2D eigenvalue weighted by Crippen LogP contribution is -2.50. The van der Waals surface area contributed by atoms with Crippen molar-refractivity contribution in [2.24, 2.45) is 0 Å². The second kappa shape index (κ2) is 7.66. The Hall–Kier alpha value is -1.27. The number of rotatable bonds is 8. The number of imidazole rings is 1. The summed E-state index contributed by atoms with van der Waals surface area (Å²) >= 11 is 1.86. The predicted octanol–water partition coefficient (Wildman–Crippen LogP) is 2.99. The number of nitrogens with zero attached hydrogens (tertiary/aromatic N) is 1. The lowest BCUT2D eigenvalue weighted by atomic mass is 9.98. The van der Waals surface area contributed by atoms with Crippen molar-refractivity contribution in [3.8, 4) is 0 Å². The molecular weight excluding hydrogens is 284 g/mol. The highest BCUT2D eigenvalue weighted by Crippen LogP contribution is 2.24. The molecular formula is C15H24N4OS. The van der Waals surface area contributed by atoms with E-state index in [1.807, 2.05) is 18.7 Å². The highest BCUT2D eigenvalue weighted by Gasteiger charge is 2.32. The zero-order valence-corrected chi connectivity index (χ0v) is 13.6. The van der Waals surface area contributed by atoms with Gasteiger partial charge in [-0.05, 0) is 13.0 Å². The predicted molar refractivity (Wildman–Crippen MR) is 87.7 cm³/mol. The second-order valence-electron chi connectivity index (χ2n) is 5.32. The van der Waals surface area contributed by atoms with Crippen LogP contribution in [0.5, 0.6) is 0 Å². The summed E-state index contributed by atoms with van der Waals surface area (Å²) in [5.74, 6) is 1.92. The standard InChI is InChI=1S/C15H24N4OS/c1-3-5-15(9-13(16)4-7-20-15)19-6-8-21-10-14-12(2)17-11-18-14/h4,7,11,16,19H,3,5-6,8-10H2,1-2H3,(H,17,18). The van der Waals surface area contributed by atoms with Crippen LogP contribution < -0.4 is 5.32 Å². The molecule has 0 saturated carbocycles. The first-order valence-corrected chi connectivity index (χ1v) is 8.54. The Morgan fingerprint density at radius 2 is 2.43 bits per heavy atom. The fourth-order valence-electron chi connectivity index (χ4n) is 2.45. The van der Waals surface area contributed by atoms with Gasteiger partial charge in [0.1, 0.15) is 0 Å². The number of hydrogen-bond donors (Lipinski definition) is 3. The molecule has 0 aromatic carbocycles. The molecule has 1 atom stereocenters. The van der Waals surface area contributed by atoms with Gasteiger partial charge < -0.3 is 15.1 Å². The van der Waals surface area contributed by atoms with E-state index in [1.165, 1.54) is 0 Å². The van der Waals surface area contributed by atoms with Crippen molar-refractivity contribution in [2.75, 3.05) is 12.3 Å². The minimum Gasteiger partial charge on any atom is -0.480 e. The van der Waals surface area contributed by atoms with E-state index >= 15 is 0 Å². The highest BCUT2D eigenvalue weighted by molar-refractivity contribution is 7.98. The van der Waals surface area contributed by atoms with Gasteiger partial charge in [-0.3, -0.25) is 5.32 Å². The zero-order valence-electron chi connectivity index (χ0n) is 12.7. The third-order valence-electron chi connectivity index (χ3n) is 3.56. The summed E-state index contributed by atoms with van der Waals surface area (Å²) in [6.07, 6.45) is 7.71. The van der Waals surface area contributed by atoms with Gasteiger partial charge in [-0.1, -0.05) is 13.3 Å². The number of nitrogens with one attached hydrogen (secondary N) is 3. The van der Waals surface area contributed by atoms with Gasteiger partial charge in [0.2, 0.25) is 0 Å². The van der Waals surface area contributed by atoms with Gasteiger partial charge in [-0.2, -0.15) is 11.8 Å². The van der Waals surface area contributed by atoms with Crippen LogP contribution in [0.1, 0.15) is 37.6 Å². The molecule has 1 aliphatic rings. The monoisotopic (exact) mass is 308 g/mol. The molecule has 0 fully saturated rings. The second-order valence-corrected chi connectivity index (χ2v) is 6.43. The van der Waals surface area contributed by atoms with E-state index in [1.54, 1.807) is 18.7 Å². The van der Waals surface area contributed by atoms with Crippen molar-refractivity contribution >= 4 is 17.5 Å². The van der Waals surface area contributed by atoms with Crippen LogP contribution in [0, 0.1) is 12.3 Å². The number of aromatic amines is 1. The lowest BCUT2D eigenvalue weighted by Gasteiger charge is -2.36. The third kappa shape index (κ3) is 4.61. The number of aromatic nitrogens is 2. The number of thioether (sulfide) groups is 1. The van der Waals surface area contributed by atoms with Crippen molar-refractivity contribution in [3.63, 3.8) is 0 Å². The normalized spacial score (nSPS) is 21.5. The molecule has 0 bridgehead atoms. The molecule has 0 amide bonds. The minimum atomic E-state index is -0.386. The molecule has 0 saturated heterocycles. The van der Waals surface area contributed by atoms with Crippen LogP contribution in [0.2, 0.25) is 0 Å². The molecule has 1 aromatic heterocycles. The molecule has 1 aliphatic heterocycles. The van der Waals surface area contributed by atoms with Crippen molar-refractivity contribution < 1.29 is 4.74 Å². The van der Waals surface area contributed by atoms with Crippen LogP contribution in [-0.4, -0.2) is 33.7 Å². The number of aryl methyl sites for hydroxylation is 1. The summed E-state index contributed by atoms with van der Waals surface area (Å²) in [5, 5.41) is 11.3.